The number of hydrogen-bond donors (Lipinski definition) is 1. The molecule has 0 amide bonds. The lowest BCUT2D eigenvalue weighted by Gasteiger charge is -2.08. The van der Waals surface area contributed by atoms with Gasteiger partial charge in [0.25, 0.3) is 0 Å². The number of anilines is 1. The molecule has 20 heavy (non-hydrogen) atoms. The van der Waals surface area contributed by atoms with Crippen molar-refractivity contribution in [3.05, 3.63) is 48.0 Å². The van der Waals surface area contributed by atoms with Crippen molar-refractivity contribution in [3.8, 4) is 11.4 Å². The summed E-state index contributed by atoms with van der Waals surface area (Å²) in [6, 6.07) is 8.94. The molecule has 2 N–H and O–H groups in total. The van der Waals surface area contributed by atoms with E-state index in [9.17, 15) is 8.78 Å². The maximum Gasteiger partial charge on any atom is 0.151 e. The van der Waals surface area contributed by atoms with E-state index in [1.165, 1.54) is 18.2 Å². The van der Waals surface area contributed by atoms with E-state index in [1.54, 1.807) is 18.2 Å². The van der Waals surface area contributed by atoms with E-state index in [2.05, 4.69) is 4.98 Å². The summed E-state index contributed by atoms with van der Waals surface area (Å²) in [6.07, 6.45) is 0. The minimum Gasteiger partial charge on any atom is -0.398 e. The minimum atomic E-state index is -0.406. The summed E-state index contributed by atoms with van der Waals surface area (Å²) < 4.78 is 28.8. The van der Waals surface area contributed by atoms with Gasteiger partial charge in [0.05, 0.1) is 5.52 Å². The van der Waals surface area contributed by atoms with Gasteiger partial charge in [-0.15, -0.1) is 0 Å². The zero-order valence-corrected chi connectivity index (χ0v) is 10.9. The first-order chi connectivity index (χ1) is 9.61. The van der Waals surface area contributed by atoms with Gasteiger partial charge in [-0.25, -0.2) is 13.8 Å². The van der Waals surface area contributed by atoms with Gasteiger partial charge in [-0.3, -0.25) is 0 Å². The smallest absolute Gasteiger partial charge is 0.151 e. The zero-order chi connectivity index (χ0) is 14.3. The molecule has 3 nitrogen and oxygen atoms in total. The first kappa shape index (κ1) is 12.6. The molecule has 1 aromatic heterocycles. The van der Waals surface area contributed by atoms with E-state index >= 15 is 0 Å². The van der Waals surface area contributed by atoms with Crippen LogP contribution in [0.3, 0.4) is 0 Å². The number of halogens is 2. The van der Waals surface area contributed by atoms with Crippen LogP contribution >= 0.6 is 0 Å². The average molecular weight is 273 g/mol. The largest absolute Gasteiger partial charge is 0.398 e. The Morgan fingerprint density at radius 2 is 2.00 bits per heavy atom. The van der Waals surface area contributed by atoms with Gasteiger partial charge in [-0.05, 0) is 37.3 Å². The van der Waals surface area contributed by atoms with Gasteiger partial charge in [0.1, 0.15) is 17.2 Å². The van der Waals surface area contributed by atoms with E-state index in [0.717, 1.165) is 0 Å². The summed E-state index contributed by atoms with van der Waals surface area (Å²) in [5.74, 6) is -0.238. The van der Waals surface area contributed by atoms with Crippen LogP contribution in [0.15, 0.2) is 36.4 Å². The average Bonchev–Trinajstić information content (AvgIpc) is 2.78. The Kier molecular flexibility index (Phi) is 2.89. The SMILES string of the molecule is CCn1c(-c2ccc(F)cc2N)nc2c(F)cccc21. The molecule has 0 bridgehead atoms. The predicted molar refractivity (Wildman–Crippen MR) is 75.2 cm³/mol. The third-order valence-corrected chi connectivity index (χ3v) is 3.30. The molecule has 2 aromatic carbocycles. The third kappa shape index (κ3) is 1.82. The fraction of sp³-hybridized carbons (Fsp3) is 0.133. The molecular formula is C15H13F2N3. The standard InChI is InChI=1S/C15H13F2N3/c1-2-20-13-5-3-4-11(17)14(13)19-15(20)10-7-6-9(16)8-12(10)18/h3-8H,2,18H2,1H3. The molecule has 5 heteroatoms. The Balaban J connectivity index is 2.33. The lowest BCUT2D eigenvalue weighted by Crippen LogP contribution is -2.00. The number of nitrogens with zero attached hydrogens (tertiary/aromatic N) is 2. The quantitative estimate of drug-likeness (QED) is 0.725. The Bertz CT molecular complexity index is 793. The molecule has 0 aliphatic rings. The van der Waals surface area contributed by atoms with Crippen LogP contribution in [-0.2, 0) is 6.54 Å². The number of fused-ring (bicyclic) bond motifs is 1. The highest BCUT2D eigenvalue weighted by atomic mass is 19.1. The van der Waals surface area contributed by atoms with Gasteiger partial charge >= 0.3 is 0 Å². The van der Waals surface area contributed by atoms with Crippen molar-refractivity contribution < 1.29 is 8.78 Å². The summed E-state index contributed by atoms with van der Waals surface area (Å²) in [7, 11) is 0. The van der Waals surface area contributed by atoms with Crippen LogP contribution in [0.2, 0.25) is 0 Å². The second-order valence-electron chi connectivity index (χ2n) is 4.52. The first-order valence-electron chi connectivity index (χ1n) is 6.32. The van der Waals surface area contributed by atoms with Crippen LogP contribution < -0.4 is 5.73 Å². The van der Waals surface area contributed by atoms with Crippen LogP contribution in [0, 0.1) is 11.6 Å². The number of rotatable bonds is 2. The Morgan fingerprint density at radius 3 is 2.70 bits per heavy atom. The van der Waals surface area contributed by atoms with Crippen LogP contribution in [0.25, 0.3) is 22.4 Å². The highest BCUT2D eigenvalue weighted by Gasteiger charge is 2.16. The van der Waals surface area contributed by atoms with Crippen molar-refractivity contribution in [3.63, 3.8) is 0 Å². The second-order valence-corrected chi connectivity index (χ2v) is 4.52. The maximum absolute atomic E-state index is 13.8. The number of hydrogen-bond acceptors (Lipinski definition) is 2. The van der Waals surface area contributed by atoms with Gasteiger partial charge in [-0.2, -0.15) is 0 Å². The Morgan fingerprint density at radius 1 is 1.20 bits per heavy atom. The number of aromatic nitrogens is 2. The number of para-hydroxylation sites is 1. The Hall–Kier alpha value is -2.43. The number of aryl methyl sites for hydroxylation is 1. The number of benzene rings is 2. The van der Waals surface area contributed by atoms with Crippen molar-refractivity contribution in [1.82, 2.24) is 9.55 Å². The van der Waals surface area contributed by atoms with E-state index in [4.69, 9.17) is 5.73 Å². The van der Waals surface area contributed by atoms with Gasteiger partial charge < -0.3 is 10.3 Å². The summed E-state index contributed by atoms with van der Waals surface area (Å²) in [5.41, 5.74) is 7.74. The highest BCUT2D eigenvalue weighted by Crippen LogP contribution is 2.30. The van der Waals surface area contributed by atoms with E-state index in [0.29, 0.717) is 29.0 Å². The summed E-state index contributed by atoms with van der Waals surface area (Å²) in [6.45, 7) is 2.56. The summed E-state index contributed by atoms with van der Waals surface area (Å²) >= 11 is 0. The van der Waals surface area contributed by atoms with Crippen molar-refractivity contribution in [2.45, 2.75) is 13.5 Å². The van der Waals surface area contributed by atoms with Crippen LogP contribution in [0.4, 0.5) is 14.5 Å². The van der Waals surface area contributed by atoms with E-state index < -0.39 is 5.82 Å². The fourth-order valence-electron chi connectivity index (χ4n) is 2.38. The molecule has 0 fully saturated rings. The number of imidazole rings is 1. The van der Waals surface area contributed by atoms with Crippen molar-refractivity contribution in [2.75, 3.05) is 5.73 Å². The highest BCUT2D eigenvalue weighted by molar-refractivity contribution is 5.84. The normalized spacial score (nSPS) is 11.2. The fourth-order valence-corrected chi connectivity index (χ4v) is 2.38. The molecule has 0 saturated heterocycles. The van der Waals surface area contributed by atoms with Gasteiger partial charge in [-0.1, -0.05) is 6.07 Å². The van der Waals surface area contributed by atoms with E-state index in [-0.39, 0.29) is 11.5 Å². The van der Waals surface area contributed by atoms with E-state index in [1.807, 2.05) is 11.5 Å². The topological polar surface area (TPSA) is 43.8 Å². The molecule has 0 unspecified atom stereocenters. The second kappa shape index (κ2) is 4.59. The molecule has 0 spiro atoms. The molecule has 102 valence electrons. The summed E-state index contributed by atoms with van der Waals surface area (Å²) in [5, 5.41) is 0. The van der Waals surface area contributed by atoms with Crippen molar-refractivity contribution in [2.24, 2.45) is 0 Å². The van der Waals surface area contributed by atoms with Crippen LogP contribution in [0.1, 0.15) is 6.92 Å². The lowest BCUT2D eigenvalue weighted by atomic mass is 10.1. The molecule has 0 aliphatic carbocycles. The third-order valence-electron chi connectivity index (χ3n) is 3.30. The summed E-state index contributed by atoms with van der Waals surface area (Å²) in [4.78, 5) is 4.33. The van der Waals surface area contributed by atoms with Crippen molar-refractivity contribution >= 4 is 16.7 Å². The molecule has 0 aliphatic heterocycles. The first-order valence-corrected chi connectivity index (χ1v) is 6.32. The van der Waals surface area contributed by atoms with Gasteiger partial charge in [0.15, 0.2) is 5.82 Å². The monoisotopic (exact) mass is 273 g/mol. The lowest BCUT2D eigenvalue weighted by molar-refractivity contribution is 0.628. The van der Waals surface area contributed by atoms with Crippen LogP contribution in [-0.4, -0.2) is 9.55 Å². The van der Waals surface area contributed by atoms with Crippen LogP contribution in [0.5, 0.6) is 0 Å². The molecule has 3 rings (SSSR count). The van der Waals surface area contributed by atoms with Gasteiger partial charge in [0, 0.05) is 17.8 Å². The molecule has 1 heterocycles. The zero-order valence-electron chi connectivity index (χ0n) is 10.9. The minimum absolute atomic E-state index is 0.287. The Labute approximate surface area is 114 Å². The van der Waals surface area contributed by atoms with Crippen molar-refractivity contribution in [1.29, 1.82) is 0 Å². The maximum atomic E-state index is 13.8. The molecule has 0 atom stereocenters. The van der Waals surface area contributed by atoms with Gasteiger partial charge in [0.2, 0.25) is 0 Å². The molecule has 3 aromatic rings. The molecular weight excluding hydrogens is 260 g/mol. The molecule has 0 radical (unpaired) electrons. The predicted octanol–water partition coefficient (Wildman–Crippen LogP) is 3.58. The number of nitrogen functional groups attached to an aromatic ring is 1. The molecule has 0 saturated carbocycles. The number of nitrogens with two attached hydrogens (primary N) is 1.